The Morgan fingerprint density at radius 1 is 1.47 bits per heavy atom. The monoisotopic (exact) mass is 294 g/mol. The topological polar surface area (TPSA) is 38.0 Å². The molecule has 17 heavy (non-hydrogen) atoms. The molecule has 1 aromatic heterocycles. The van der Waals surface area contributed by atoms with Gasteiger partial charge in [0, 0.05) is 22.8 Å². The first kappa shape index (κ1) is 12.3. The van der Waals surface area contributed by atoms with Gasteiger partial charge in [-0.25, -0.2) is 4.98 Å². The molecule has 4 heteroatoms. The van der Waals surface area contributed by atoms with Crippen molar-refractivity contribution in [2.75, 3.05) is 0 Å². The highest BCUT2D eigenvalue weighted by molar-refractivity contribution is 9.10. The van der Waals surface area contributed by atoms with Crippen LogP contribution in [0.25, 0.3) is 0 Å². The second kappa shape index (κ2) is 5.02. The molecule has 0 aliphatic rings. The van der Waals surface area contributed by atoms with Gasteiger partial charge in [0.25, 0.3) is 0 Å². The van der Waals surface area contributed by atoms with E-state index in [1.54, 1.807) is 6.33 Å². The number of hydrogen-bond donors (Lipinski definition) is 1. The minimum atomic E-state index is -0.683. The van der Waals surface area contributed by atoms with E-state index in [1.165, 1.54) is 0 Å². The maximum atomic E-state index is 10.3. The van der Waals surface area contributed by atoms with Crippen molar-refractivity contribution in [1.29, 1.82) is 0 Å². The van der Waals surface area contributed by atoms with Gasteiger partial charge in [-0.2, -0.15) is 0 Å². The molecule has 0 spiro atoms. The van der Waals surface area contributed by atoms with Crippen LogP contribution in [0.1, 0.15) is 29.8 Å². The van der Waals surface area contributed by atoms with Crippen LogP contribution in [0.3, 0.4) is 0 Å². The summed E-state index contributed by atoms with van der Waals surface area (Å²) in [5, 5.41) is 10.3. The molecule has 90 valence electrons. The summed E-state index contributed by atoms with van der Waals surface area (Å²) >= 11 is 3.51. The number of aliphatic hydroxyl groups is 1. The van der Waals surface area contributed by atoms with E-state index >= 15 is 0 Å². The summed E-state index contributed by atoms with van der Waals surface area (Å²) in [5.41, 5.74) is 2.64. The molecule has 0 bridgehead atoms. The molecular formula is C13H15BrN2O. The van der Waals surface area contributed by atoms with Gasteiger partial charge >= 0.3 is 0 Å². The Kier molecular flexibility index (Phi) is 3.64. The van der Waals surface area contributed by atoms with Crippen molar-refractivity contribution in [3.8, 4) is 0 Å². The lowest BCUT2D eigenvalue weighted by atomic mass is 10.0. The van der Waals surface area contributed by atoms with E-state index in [9.17, 15) is 5.11 Å². The van der Waals surface area contributed by atoms with Crippen LogP contribution in [-0.2, 0) is 6.54 Å². The summed E-state index contributed by atoms with van der Waals surface area (Å²) in [7, 11) is 0. The second-order valence-corrected chi connectivity index (χ2v) is 4.80. The number of imidazole rings is 1. The Morgan fingerprint density at radius 3 is 2.88 bits per heavy atom. The molecule has 2 aromatic rings. The molecule has 0 fully saturated rings. The van der Waals surface area contributed by atoms with Crippen LogP contribution in [0.5, 0.6) is 0 Å². The fourth-order valence-electron chi connectivity index (χ4n) is 1.73. The Bertz CT molecular complexity index is 522. The van der Waals surface area contributed by atoms with Crippen molar-refractivity contribution in [3.63, 3.8) is 0 Å². The first-order valence-corrected chi connectivity index (χ1v) is 6.37. The summed E-state index contributed by atoms with van der Waals surface area (Å²) < 4.78 is 2.89. The van der Waals surface area contributed by atoms with Crippen molar-refractivity contribution in [2.45, 2.75) is 26.5 Å². The van der Waals surface area contributed by atoms with Gasteiger partial charge in [0.15, 0.2) is 0 Å². The zero-order valence-electron chi connectivity index (χ0n) is 9.89. The number of nitrogens with zero attached hydrogens (tertiary/aromatic N) is 2. The van der Waals surface area contributed by atoms with E-state index in [4.69, 9.17) is 0 Å². The average molecular weight is 295 g/mol. The van der Waals surface area contributed by atoms with E-state index in [1.807, 2.05) is 42.8 Å². The molecule has 1 aromatic carbocycles. The standard InChI is InChI=1S/C13H15BrN2O/c1-3-16-7-11(15-8-16)13(17)10-6-4-5-9(2)12(10)14/h4-8,13,17H,3H2,1-2H3. The van der Waals surface area contributed by atoms with Crippen LogP contribution in [0.2, 0.25) is 0 Å². The summed E-state index contributed by atoms with van der Waals surface area (Å²) in [6.07, 6.45) is 2.93. The highest BCUT2D eigenvalue weighted by atomic mass is 79.9. The van der Waals surface area contributed by atoms with E-state index in [2.05, 4.69) is 20.9 Å². The summed E-state index contributed by atoms with van der Waals surface area (Å²) in [4.78, 5) is 4.23. The number of hydrogen-bond acceptors (Lipinski definition) is 2. The lowest BCUT2D eigenvalue weighted by Crippen LogP contribution is -2.02. The Hall–Kier alpha value is -1.13. The molecule has 3 nitrogen and oxygen atoms in total. The van der Waals surface area contributed by atoms with Crippen molar-refractivity contribution >= 4 is 15.9 Å². The van der Waals surface area contributed by atoms with Gasteiger partial charge in [0.1, 0.15) is 6.10 Å². The van der Waals surface area contributed by atoms with Gasteiger partial charge in [-0.1, -0.05) is 34.1 Å². The van der Waals surface area contributed by atoms with Gasteiger partial charge in [0.05, 0.1) is 12.0 Å². The maximum Gasteiger partial charge on any atom is 0.124 e. The molecule has 0 saturated carbocycles. The molecule has 0 saturated heterocycles. The Labute approximate surface area is 109 Å². The molecule has 0 amide bonds. The molecule has 0 aliphatic carbocycles. The van der Waals surface area contributed by atoms with Crippen molar-refractivity contribution < 1.29 is 5.11 Å². The quantitative estimate of drug-likeness (QED) is 0.945. The summed E-state index contributed by atoms with van der Waals surface area (Å²) in [6, 6.07) is 5.85. The number of benzene rings is 1. The largest absolute Gasteiger partial charge is 0.382 e. The number of halogens is 1. The third-order valence-corrected chi connectivity index (χ3v) is 3.90. The Balaban J connectivity index is 2.36. The number of aliphatic hydroxyl groups excluding tert-OH is 1. The molecule has 1 atom stereocenters. The molecule has 1 heterocycles. The zero-order valence-corrected chi connectivity index (χ0v) is 11.5. The number of rotatable bonds is 3. The van der Waals surface area contributed by atoms with Crippen molar-refractivity contribution in [2.24, 2.45) is 0 Å². The highest BCUT2D eigenvalue weighted by Gasteiger charge is 2.16. The van der Waals surface area contributed by atoms with Crippen LogP contribution in [0.15, 0.2) is 35.2 Å². The zero-order chi connectivity index (χ0) is 12.4. The van der Waals surface area contributed by atoms with Gasteiger partial charge in [0.2, 0.25) is 0 Å². The molecular weight excluding hydrogens is 280 g/mol. The third-order valence-electron chi connectivity index (χ3n) is 2.81. The number of aromatic nitrogens is 2. The fraction of sp³-hybridized carbons (Fsp3) is 0.308. The minimum Gasteiger partial charge on any atom is -0.382 e. The van der Waals surface area contributed by atoms with Crippen LogP contribution in [0.4, 0.5) is 0 Å². The smallest absolute Gasteiger partial charge is 0.124 e. The van der Waals surface area contributed by atoms with E-state index < -0.39 is 6.10 Å². The number of aryl methyl sites for hydroxylation is 2. The van der Waals surface area contributed by atoms with Gasteiger partial charge in [-0.3, -0.25) is 0 Å². The minimum absolute atomic E-state index is 0.679. The first-order chi connectivity index (χ1) is 8.13. The lowest BCUT2D eigenvalue weighted by molar-refractivity contribution is 0.215. The van der Waals surface area contributed by atoms with Crippen molar-refractivity contribution in [3.05, 3.63) is 52.0 Å². The normalized spacial score (nSPS) is 12.7. The average Bonchev–Trinajstić information content (AvgIpc) is 2.80. The lowest BCUT2D eigenvalue weighted by Gasteiger charge is -2.12. The van der Waals surface area contributed by atoms with Gasteiger partial charge < -0.3 is 9.67 Å². The van der Waals surface area contributed by atoms with Gasteiger partial charge in [-0.15, -0.1) is 0 Å². The van der Waals surface area contributed by atoms with E-state index in [0.717, 1.165) is 22.1 Å². The molecule has 0 aliphatic heterocycles. The second-order valence-electron chi connectivity index (χ2n) is 4.01. The van der Waals surface area contributed by atoms with E-state index in [-0.39, 0.29) is 0 Å². The SMILES string of the molecule is CCn1cnc(C(O)c2cccc(C)c2Br)c1. The summed E-state index contributed by atoms with van der Waals surface area (Å²) in [6.45, 7) is 4.90. The molecule has 1 unspecified atom stereocenters. The van der Waals surface area contributed by atoms with Crippen LogP contribution >= 0.6 is 15.9 Å². The van der Waals surface area contributed by atoms with Crippen LogP contribution < -0.4 is 0 Å². The van der Waals surface area contributed by atoms with Crippen LogP contribution in [0, 0.1) is 6.92 Å². The summed E-state index contributed by atoms with van der Waals surface area (Å²) in [5.74, 6) is 0. The van der Waals surface area contributed by atoms with E-state index in [0.29, 0.717) is 5.69 Å². The van der Waals surface area contributed by atoms with Crippen molar-refractivity contribution in [1.82, 2.24) is 9.55 Å². The molecule has 0 radical (unpaired) electrons. The predicted octanol–water partition coefficient (Wildman–Crippen LogP) is 3.06. The highest BCUT2D eigenvalue weighted by Crippen LogP contribution is 2.29. The van der Waals surface area contributed by atoms with Crippen LogP contribution in [-0.4, -0.2) is 14.7 Å². The van der Waals surface area contributed by atoms with Gasteiger partial charge in [-0.05, 0) is 19.4 Å². The third kappa shape index (κ3) is 2.42. The fourth-order valence-corrected chi connectivity index (χ4v) is 2.21. The first-order valence-electron chi connectivity index (χ1n) is 5.58. The Morgan fingerprint density at radius 2 is 2.24 bits per heavy atom. The maximum absolute atomic E-state index is 10.3. The predicted molar refractivity (Wildman–Crippen MR) is 70.8 cm³/mol. The molecule has 2 rings (SSSR count). The molecule has 1 N–H and O–H groups in total.